The lowest BCUT2D eigenvalue weighted by Crippen LogP contribution is -2.42. The number of phenolic OH excluding ortho intramolecular Hbond substituents is 1. The number of nitrogens with zero attached hydrogens (tertiary/aromatic N) is 1. The summed E-state index contributed by atoms with van der Waals surface area (Å²) < 4.78 is 0. The molecule has 0 saturated carbocycles. The number of thioether (sulfide) groups is 1. The molecule has 0 fully saturated rings. The predicted octanol–water partition coefficient (Wildman–Crippen LogP) is 2.31. The Bertz CT molecular complexity index is 711. The number of benzene rings is 2. The normalized spacial score (nSPS) is 20.1. The number of anilines is 1. The van der Waals surface area contributed by atoms with Crippen LogP contribution in [0, 0.1) is 0 Å². The maximum Gasteiger partial charge on any atom is 0.257 e. The number of carbonyl (C=O) groups is 1. The Morgan fingerprint density at radius 2 is 1.79 bits per heavy atom. The number of amides is 1. The number of aliphatic hydroxyl groups excluding tert-OH is 1. The van der Waals surface area contributed by atoms with Crippen LogP contribution in [0.25, 0.3) is 0 Å². The van der Waals surface area contributed by atoms with Gasteiger partial charge in [0.1, 0.15) is 11.9 Å². The van der Waals surface area contributed by atoms with E-state index < -0.39 is 11.4 Å². The molecular weight excluding hydrogens is 348 g/mol. The molecule has 0 saturated heterocycles. The highest BCUT2D eigenvalue weighted by Crippen LogP contribution is 2.45. The number of halogens is 1. The van der Waals surface area contributed by atoms with Crippen molar-refractivity contribution in [2.24, 2.45) is 5.73 Å². The van der Waals surface area contributed by atoms with Crippen molar-refractivity contribution in [2.75, 3.05) is 18.0 Å². The standard InChI is InChI=1S/C17H18N2O3S.ClH/c18-9-10-19-13-3-1-2-4-14(13)23-16(15(21)17(19)22)11-5-7-12(20)8-6-11;/h1-8,15-16,20-21H,9-10,18H2;1H/t15-,16+;/m1./s1. The van der Waals surface area contributed by atoms with Gasteiger partial charge >= 0.3 is 0 Å². The number of nitrogens with two attached hydrogens (primary N) is 1. The van der Waals surface area contributed by atoms with Crippen molar-refractivity contribution in [3.8, 4) is 5.75 Å². The number of fused-ring (bicyclic) bond motifs is 1. The maximum absolute atomic E-state index is 12.7. The molecule has 4 N–H and O–H groups in total. The van der Waals surface area contributed by atoms with Gasteiger partial charge in [-0.25, -0.2) is 0 Å². The minimum Gasteiger partial charge on any atom is -0.508 e. The Morgan fingerprint density at radius 1 is 1.12 bits per heavy atom. The smallest absolute Gasteiger partial charge is 0.257 e. The molecule has 1 aliphatic heterocycles. The van der Waals surface area contributed by atoms with E-state index in [-0.39, 0.29) is 24.1 Å². The van der Waals surface area contributed by atoms with Crippen LogP contribution in [-0.2, 0) is 4.79 Å². The van der Waals surface area contributed by atoms with Crippen LogP contribution in [0.3, 0.4) is 0 Å². The van der Waals surface area contributed by atoms with E-state index in [1.807, 2.05) is 24.3 Å². The van der Waals surface area contributed by atoms with Crippen molar-refractivity contribution in [1.82, 2.24) is 0 Å². The van der Waals surface area contributed by atoms with Gasteiger partial charge in [0.2, 0.25) is 0 Å². The zero-order valence-electron chi connectivity index (χ0n) is 12.8. The van der Waals surface area contributed by atoms with E-state index in [9.17, 15) is 15.0 Å². The second kappa shape index (κ2) is 7.90. The summed E-state index contributed by atoms with van der Waals surface area (Å²) in [5.74, 6) is -0.204. The Kier molecular flexibility index (Phi) is 6.12. The van der Waals surface area contributed by atoms with E-state index in [4.69, 9.17) is 5.73 Å². The summed E-state index contributed by atoms with van der Waals surface area (Å²) in [4.78, 5) is 15.2. The summed E-state index contributed by atoms with van der Waals surface area (Å²) >= 11 is 1.44. The van der Waals surface area contributed by atoms with E-state index in [1.165, 1.54) is 11.8 Å². The average Bonchev–Trinajstić information content (AvgIpc) is 2.67. The number of phenols is 1. The van der Waals surface area contributed by atoms with Crippen LogP contribution in [0.15, 0.2) is 53.4 Å². The van der Waals surface area contributed by atoms with Gasteiger partial charge in [-0.2, -0.15) is 0 Å². The van der Waals surface area contributed by atoms with Gasteiger partial charge in [-0.1, -0.05) is 24.3 Å². The van der Waals surface area contributed by atoms with Gasteiger partial charge in [0.15, 0.2) is 0 Å². The number of carbonyl (C=O) groups excluding carboxylic acids is 1. The second-order valence-corrected chi connectivity index (χ2v) is 6.50. The third kappa shape index (κ3) is 3.52. The Labute approximate surface area is 150 Å². The molecule has 0 radical (unpaired) electrons. The lowest BCUT2D eigenvalue weighted by atomic mass is 10.1. The van der Waals surface area contributed by atoms with Gasteiger partial charge in [0, 0.05) is 18.0 Å². The van der Waals surface area contributed by atoms with Crippen LogP contribution in [-0.4, -0.2) is 35.3 Å². The summed E-state index contributed by atoms with van der Waals surface area (Å²) in [6.45, 7) is 0.678. The fourth-order valence-corrected chi connectivity index (χ4v) is 3.93. The highest BCUT2D eigenvalue weighted by atomic mass is 35.5. The zero-order valence-corrected chi connectivity index (χ0v) is 14.5. The van der Waals surface area contributed by atoms with Crippen LogP contribution in [0.4, 0.5) is 5.69 Å². The summed E-state index contributed by atoms with van der Waals surface area (Å²) in [7, 11) is 0. The van der Waals surface area contributed by atoms with E-state index in [0.29, 0.717) is 13.1 Å². The number of hydrogen-bond donors (Lipinski definition) is 3. The van der Waals surface area contributed by atoms with Gasteiger partial charge in [-0.15, -0.1) is 24.2 Å². The largest absolute Gasteiger partial charge is 0.508 e. The molecule has 2 atom stereocenters. The van der Waals surface area contributed by atoms with Crippen LogP contribution in [0.2, 0.25) is 0 Å². The molecule has 1 amide bonds. The summed E-state index contributed by atoms with van der Waals surface area (Å²) in [6.07, 6.45) is -1.18. The fraction of sp³-hybridized carbons (Fsp3) is 0.235. The van der Waals surface area contributed by atoms with Gasteiger partial charge < -0.3 is 20.8 Å². The Morgan fingerprint density at radius 3 is 2.46 bits per heavy atom. The molecule has 1 aliphatic rings. The molecule has 3 rings (SSSR count). The van der Waals surface area contributed by atoms with Crippen molar-refractivity contribution < 1.29 is 15.0 Å². The Balaban J connectivity index is 0.00000208. The van der Waals surface area contributed by atoms with Gasteiger partial charge in [0.05, 0.1) is 10.9 Å². The molecule has 0 bridgehead atoms. The average molecular weight is 367 g/mol. The molecular formula is C17H19ClN2O3S. The van der Waals surface area contributed by atoms with Gasteiger partial charge in [-0.05, 0) is 29.8 Å². The molecule has 0 aromatic heterocycles. The molecule has 1 heterocycles. The third-order valence-corrected chi connectivity index (χ3v) is 5.17. The highest BCUT2D eigenvalue weighted by molar-refractivity contribution is 7.99. The first-order chi connectivity index (χ1) is 11.1. The third-order valence-electron chi connectivity index (χ3n) is 3.79. The van der Waals surface area contributed by atoms with Crippen LogP contribution in [0.5, 0.6) is 5.75 Å². The molecule has 5 nitrogen and oxygen atoms in total. The van der Waals surface area contributed by atoms with Crippen LogP contribution < -0.4 is 10.6 Å². The fourth-order valence-electron chi connectivity index (χ4n) is 2.66. The van der Waals surface area contributed by atoms with Gasteiger partial charge in [-0.3, -0.25) is 4.79 Å². The van der Waals surface area contributed by atoms with E-state index in [0.717, 1.165) is 16.1 Å². The van der Waals surface area contributed by atoms with Crippen molar-refractivity contribution in [1.29, 1.82) is 0 Å². The number of aromatic hydroxyl groups is 1. The van der Waals surface area contributed by atoms with Crippen LogP contribution >= 0.6 is 24.2 Å². The maximum atomic E-state index is 12.7. The minimum atomic E-state index is -1.18. The molecule has 0 spiro atoms. The number of hydrogen-bond acceptors (Lipinski definition) is 5. The molecule has 24 heavy (non-hydrogen) atoms. The van der Waals surface area contributed by atoms with Crippen molar-refractivity contribution in [2.45, 2.75) is 16.2 Å². The SMILES string of the molecule is Cl.NCCN1C(=O)[C@H](O)[C@H](c2ccc(O)cc2)Sc2ccccc21. The number of rotatable bonds is 3. The van der Waals surface area contributed by atoms with Gasteiger partial charge in [0.25, 0.3) is 5.91 Å². The molecule has 0 aliphatic carbocycles. The summed E-state index contributed by atoms with van der Waals surface area (Å²) in [5, 5.41) is 19.6. The topological polar surface area (TPSA) is 86.8 Å². The number of para-hydroxylation sites is 1. The first-order valence-electron chi connectivity index (χ1n) is 7.36. The minimum absolute atomic E-state index is 0. The zero-order chi connectivity index (χ0) is 16.4. The van der Waals surface area contributed by atoms with Crippen molar-refractivity contribution in [3.05, 3.63) is 54.1 Å². The van der Waals surface area contributed by atoms with Crippen LogP contribution in [0.1, 0.15) is 10.8 Å². The predicted molar refractivity (Wildman–Crippen MR) is 97.8 cm³/mol. The molecule has 0 unspecified atom stereocenters. The van der Waals surface area contributed by atoms with E-state index in [1.54, 1.807) is 29.2 Å². The monoisotopic (exact) mass is 366 g/mol. The van der Waals surface area contributed by atoms with Crippen molar-refractivity contribution >= 4 is 35.8 Å². The quantitative estimate of drug-likeness (QED) is 0.776. The molecule has 7 heteroatoms. The second-order valence-electron chi connectivity index (χ2n) is 5.32. The summed E-state index contributed by atoms with van der Waals surface area (Å²) in [6, 6.07) is 14.1. The van der Waals surface area contributed by atoms with Crippen molar-refractivity contribution in [3.63, 3.8) is 0 Å². The van der Waals surface area contributed by atoms with E-state index >= 15 is 0 Å². The van der Waals surface area contributed by atoms with E-state index in [2.05, 4.69) is 0 Å². The molecule has 2 aromatic rings. The lowest BCUT2D eigenvalue weighted by Gasteiger charge is -2.24. The molecule has 2 aromatic carbocycles. The lowest BCUT2D eigenvalue weighted by molar-refractivity contribution is -0.126. The highest BCUT2D eigenvalue weighted by Gasteiger charge is 2.36. The molecule has 128 valence electrons. The summed E-state index contributed by atoms with van der Waals surface area (Å²) in [5.41, 5.74) is 7.19. The Hall–Kier alpha value is -1.73. The number of aliphatic hydroxyl groups is 1. The first kappa shape index (κ1) is 18.6. The first-order valence-corrected chi connectivity index (χ1v) is 8.24.